The van der Waals surface area contributed by atoms with Crippen molar-refractivity contribution in [3.8, 4) is 0 Å². The van der Waals surface area contributed by atoms with Crippen molar-refractivity contribution in [1.29, 1.82) is 0 Å². The van der Waals surface area contributed by atoms with Crippen molar-refractivity contribution in [2.45, 2.75) is 38.5 Å². The molecular weight excluding hydrogens is 246 g/mol. The van der Waals surface area contributed by atoms with Crippen LogP contribution < -0.4 is 4.90 Å². The second kappa shape index (κ2) is 6.79. The molecule has 0 radical (unpaired) electrons. The zero-order valence-corrected chi connectivity index (χ0v) is 11.5. The molecule has 0 bridgehead atoms. The summed E-state index contributed by atoms with van der Waals surface area (Å²) in [5.74, 6) is 1.01. The number of alkyl halides is 1. The number of unbranched alkanes of at least 4 members (excludes halogenated alkanes) is 3. The molecular formula is C15H20ClNO. The molecule has 0 saturated heterocycles. The number of carbonyl (C=O) groups excluding carboxylic acids is 1. The molecule has 1 aliphatic rings. The van der Waals surface area contributed by atoms with Crippen LogP contribution in [-0.2, 0) is 11.2 Å². The van der Waals surface area contributed by atoms with Crippen LogP contribution >= 0.6 is 11.6 Å². The van der Waals surface area contributed by atoms with E-state index in [9.17, 15) is 4.79 Å². The minimum absolute atomic E-state index is 0.269. The maximum absolute atomic E-state index is 12.0. The van der Waals surface area contributed by atoms with E-state index in [2.05, 4.69) is 12.1 Å². The first-order valence-corrected chi connectivity index (χ1v) is 7.30. The molecule has 2 rings (SSSR count). The van der Waals surface area contributed by atoms with Gasteiger partial charge in [-0.2, -0.15) is 0 Å². The second-order valence-electron chi connectivity index (χ2n) is 4.78. The molecule has 0 aromatic heterocycles. The normalized spacial score (nSPS) is 14.7. The predicted molar refractivity (Wildman–Crippen MR) is 76.3 cm³/mol. The number of carbonyl (C=O) groups is 1. The summed E-state index contributed by atoms with van der Waals surface area (Å²) in [6, 6.07) is 8.25. The molecule has 98 valence electrons. The van der Waals surface area contributed by atoms with Crippen molar-refractivity contribution in [2.75, 3.05) is 17.3 Å². The van der Waals surface area contributed by atoms with Crippen molar-refractivity contribution in [1.82, 2.24) is 0 Å². The van der Waals surface area contributed by atoms with E-state index in [0.29, 0.717) is 6.42 Å². The Hall–Kier alpha value is -1.02. The number of fused-ring (bicyclic) bond motifs is 1. The molecule has 0 N–H and O–H groups in total. The summed E-state index contributed by atoms with van der Waals surface area (Å²) in [6.07, 6.45) is 5.99. The van der Waals surface area contributed by atoms with Crippen molar-refractivity contribution < 1.29 is 4.79 Å². The molecule has 0 atom stereocenters. The highest BCUT2D eigenvalue weighted by molar-refractivity contribution is 6.17. The number of hydrogen-bond donors (Lipinski definition) is 0. The van der Waals surface area contributed by atoms with Gasteiger partial charge in [-0.05, 0) is 30.9 Å². The van der Waals surface area contributed by atoms with Gasteiger partial charge in [-0.25, -0.2) is 0 Å². The fourth-order valence-electron chi connectivity index (χ4n) is 2.46. The Balaban J connectivity index is 1.93. The number of amides is 1. The lowest BCUT2D eigenvalue weighted by Gasteiger charge is -2.29. The third-order valence-corrected chi connectivity index (χ3v) is 3.72. The number of anilines is 1. The van der Waals surface area contributed by atoms with Crippen LogP contribution in [0.5, 0.6) is 0 Å². The van der Waals surface area contributed by atoms with Crippen LogP contribution in [0.1, 0.15) is 37.7 Å². The van der Waals surface area contributed by atoms with E-state index in [1.807, 2.05) is 17.0 Å². The molecule has 0 saturated carbocycles. The number of para-hydroxylation sites is 1. The van der Waals surface area contributed by atoms with Crippen molar-refractivity contribution in [3.05, 3.63) is 29.8 Å². The lowest BCUT2D eigenvalue weighted by molar-refractivity contribution is -0.118. The smallest absolute Gasteiger partial charge is 0.227 e. The fourth-order valence-corrected chi connectivity index (χ4v) is 2.65. The van der Waals surface area contributed by atoms with E-state index in [4.69, 9.17) is 11.6 Å². The van der Waals surface area contributed by atoms with Gasteiger partial charge in [0.05, 0.1) is 0 Å². The summed E-state index contributed by atoms with van der Waals surface area (Å²) in [5.41, 5.74) is 2.42. The van der Waals surface area contributed by atoms with Gasteiger partial charge in [0.15, 0.2) is 0 Å². The number of nitrogens with zero attached hydrogens (tertiary/aromatic N) is 1. The molecule has 0 spiro atoms. The molecule has 1 heterocycles. The Labute approximate surface area is 114 Å². The lowest BCUT2D eigenvalue weighted by Crippen LogP contribution is -2.35. The van der Waals surface area contributed by atoms with E-state index in [-0.39, 0.29) is 5.91 Å². The Bertz CT molecular complexity index is 405. The van der Waals surface area contributed by atoms with E-state index in [1.54, 1.807) is 0 Å². The first-order chi connectivity index (χ1) is 8.83. The zero-order chi connectivity index (χ0) is 12.8. The van der Waals surface area contributed by atoms with Gasteiger partial charge in [-0.15, -0.1) is 11.6 Å². The SMILES string of the molecule is O=C1CCc2ccccc2N1CCCCCCCl. The molecule has 1 aromatic carbocycles. The third kappa shape index (κ3) is 3.26. The average Bonchev–Trinajstić information content (AvgIpc) is 2.41. The van der Waals surface area contributed by atoms with Crippen LogP contribution in [0.2, 0.25) is 0 Å². The summed E-state index contributed by atoms with van der Waals surface area (Å²) >= 11 is 5.65. The fraction of sp³-hybridized carbons (Fsp3) is 0.533. The van der Waals surface area contributed by atoms with Crippen molar-refractivity contribution in [3.63, 3.8) is 0 Å². The van der Waals surface area contributed by atoms with Gasteiger partial charge < -0.3 is 4.90 Å². The van der Waals surface area contributed by atoms with Crippen LogP contribution in [0, 0.1) is 0 Å². The van der Waals surface area contributed by atoms with Crippen molar-refractivity contribution in [2.24, 2.45) is 0 Å². The molecule has 2 nitrogen and oxygen atoms in total. The number of aryl methyl sites for hydroxylation is 1. The largest absolute Gasteiger partial charge is 0.312 e. The molecule has 0 unspecified atom stereocenters. The number of rotatable bonds is 6. The van der Waals surface area contributed by atoms with E-state index in [0.717, 1.165) is 50.2 Å². The van der Waals surface area contributed by atoms with E-state index in [1.165, 1.54) is 5.56 Å². The first-order valence-electron chi connectivity index (χ1n) is 6.77. The summed E-state index contributed by atoms with van der Waals surface area (Å²) in [5, 5.41) is 0. The lowest BCUT2D eigenvalue weighted by atomic mass is 10.0. The number of halogens is 1. The number of benzene rings is 1. The molecule has 0 aliphatic carbocycles. The first kappa shape index (κ1) is 13.4. The minimum atomic E-state index is 0.269. The molecule has 18 heavy (non-hydrogen) atoms. The van der Waals surface area contributed by atoms with E-state index < -0.39 is 0 Å². The summed E-state index contributed by atoms with van der Waals surface area (Å²) in [6.45, 7) is 0.845. The standard InChI is InChI=1S/C15H20ClNO/c16-11-5-1-2-6-12-17-14-8-4-3-7-13(14)9-10-15(17)18/h3-4,7-8H,1-2,5-6,9-12H2. The van der Waals surface area contributed by atoms with Gasteiger partial charge in [0.1, 0.15) is 0 Å². The monoisotopic (exact) mass is 265 g/mol. The van der Waals surface area contributed by atoms with Crippen LogP contribution in [0.3, 0.4) is 0 Å². The molecule has 0 fully saturated rings. The van der Waals surface area contributed by atoms with Crippen molar-refractivity contribution >= 4 is 23.2 Å². The molecule has 1 amide bonds. The highest BCUT2D eigenvalue weighted by atomic mass is 35.5. The van der Waals surface area contributed by atoms with Gasteiger partial charge in [-0.1, -0.05) is 31.0 Å². The second-order valence-corrected chi connectivity index (χ2v) is 5.16. The van der Waals surface area contributed by atoms with Crippen LogP contribution in [0.4, 0.5) is 5.69 Å². The topological polar surface area (TPSA) is 20.3 Å². The van der Waals surface area contributed by atoms with Gasteiger partial charge >= 0.3 is 0 Å². The van der Waals surface area contributed by atoms with Crippen LogP contribution in [-0.4, -0.2) is 18.3 Å². The van der Waals surface area contributed by atoms with Gasteiger partial charge in [0.2, 0.25) is 5.91 Å². The predicted octanol–water partition coefficient (Wildman–Crippen LogP) is 3.77. The Morgan fingerprint density at radius 2 is 1.83 bits per heavy atom. The van der Waals surface area contributed by atoms with Gasteiger partial charge in [-0.3, -0.25) is 4.79 Å². The summed E-state index contributed by atoms with van der Waals surface area (Å²) in [4.78, 5) is 13.9. The molecule has 3 heteroatoms. The quantitative estimate of drug-likeness (QED) is 0.566. The Kier molecular flexibility index (Phi) is 5.06. The highest BCUT2D eigenvalue weighted by Gasteiger charge is 2.22. The highest BCUT2D eigenvalue weighted by Crippen LogP contribution is 2.27. The molecule has 1 aliphatic heterocycles. The minimum Gasteiger partial charge on any atom is -0.312 e. The maximum atomic E-state index is 12.0. The Morgan fingerprint density at radius 3 is 2.67 bits per heavy atom. The average molecular weight is 266 g/mol. The molecule has 1 aromatic rings. The van der Waals surface area contributed by atoms with Crippen LogP contribution in [0.15, 0.2) is 24.3 Å². The maximum Gasteiger partial charge on any atom is 0.227 e. The Morgan fingerprint density at radius 1 is 1.06 bits per heavy atom. The third-order valence-electron chi connectivity index (χ3n) is 3.46. The number of hydrogen-bond acceptors (Lipinski definition) is 1. The summed E-state index contributed by atoms with van der Waals surface area (Å²) in [7, 11) is 0. The zero-order valence-electron chi connectivity index (χ0n) is 10.7. The van der Waals surface area contributed by atoms with Gasteiger partial charge in [0.25, 0.3) is 0 Å². The van der Waals surface area contributed by atoms with Gasteiger partial charge in [0, 0.05) is 24.5 Å². The van der Waals surface area contributed by atoms with Crippen LogP contribution in [0.25, 0.3) is 0 Å². The van der Waals surface area contributed by atoms with E-state index >= 15 is 0 Å². The summed E-state index contributed by atoms with van der Waals surface area (Å²) < 4.78 is 0.